The highest BCUT2D eigenvalue weighted by Gasteiger charge is 2.35. The molecule has 2 amide bonds. The Morgan fingerprint density at radius 3 is 2.90 bits per heavy atom. The molecule has 0 bridgehead atoms. The number of aromatic amines is 1. The molecule has 1 fully saturated rings. The van der Waals surface area contributed by atoms with E-state index in [0.717, 1.165) is 18.5 Å². The zero-order valence-electron chi connectivity index (χ0n) is 17.1. The third-order valence-electron chi connectivity index (χ3n) is 5.21. The maximum absolute atomic E-state index is 12.7. The average Bonchev–Trinajstić information content (AvgIpc) is 3.43. The van der Waals surface area contributed by atoms with Crippen LogP contribution >= 0.6 is 0 Å². The van der Waals surface area contributed by atoms with E-state index in [9.17, 15) is 9.59 Å². The van der Waals surface area contributed by atoms with Crippen LogP contribution in [0.2, 0.25) is 0 Å². The summed E-state index contributed by atoms with van der Waals surface area (Å²) in [6.45, 7) is 5.93. The Labute approximate surface area is 170 Å². The lowest BCUT2D eigenvalue weighted by atomic mass is 9.83. The van der Waals surface area contributed by atoms with Crippen LogP contribution in [0.1, 0.15) is 55.7 Å². The molecule has 1 saturated carbocycles. The first-order valence-electron chi connectivity index (χ1n) is 10.3. The van der Waals surface area contributed by atoms with E-state index in [1.54, 1.807) is 18.6 Å². The predicted molar refractivity (Wildman–Crippen MR) is 107 cm³/mol. The predicted octanol–water partition coefficient (Wildman–Crippen LogP) is 1.64. The third-order valence-corrected chi connectivity index (χ3v) is 5.21. The molecule has 0 unspecified atom stereocenters. The molecule has 2 heterocycles. The van der Waals surface area contributed by atoms with E-state index < -0.39 is 0 Å². The number of carbonyl (C=O) groups is 2. The summed E-state index contributed by atoms with van der Waals surface area (Å²) in [5, 5.41) is 10.2. The number of rotatable bonds is 9. The molecule has 1 aliphatic carbocycles. The van der Waals surface area contributed by atoms with Crippen molar-refractivity contribution in [1.29, 1.82) is 0 Å². The van der Waals surface area contributed by atoms with Gasteiger partial charge in [-0.15, -0.1) is 0 Å². The van der Waals surface area contributed by atoms with Crippen molar-refractivity contribution in [3.8, 4) is 0 Å². The Morgan fingerprint density at radius 2 is 2.21 bits per heavy atom. The molecular formula is C20H30N6O3. The van der Waals surface area contributed by atoms with Gasteiger partial charge in [0.2, 0.25) is 5.91 Å². The van der Waals surface area contributed by atoms with Gasteiger partial charge in [0.05, 0.1) is 18.3 Å². The Kier molecular flexibility index (Phi) is 7.40. The standard InChI is InChI=1S/C20H30N6O3/c1-3-9-29-17-10-15(19(27)23-11-14-12-24-26(4-2)13-14)5-6-16(17)25-20(28)18-21-7-8-22-18/h7-8,12-13,15-17H,3-6,9-11H2,1-2H3,(H,21,22)(H,23,27)(H,25,28)/t15-,16+,17+/m0/s1. The second kappa shape index (κ2) is 10.2. The first kappa shape index (κ1) is 21.0. The van der Waals surface area contributed by atoms with Crippen LogP contribution in [-0.4, -0.2) is 50.3 Å². The maximum atomic E-state index is 12.7. The molecule has 158 valence electrons. The Morgan fingerprint density at radius 1 is 1.34 bits per heavy atom. The van der Waals surface area contributed by atoms with Crippen LogP contribution in [0, 0.1) is 5.92 Å². The summed E-state index contributed by atoms with van der Waals surface area (Å²) in [7, 11) is 0. The molecule has 9 nitrogen and oxygen atoms in total. The Hall–Kier alpha value is -2.68. The average molecular weight is 402 g/mol. The molecule has 2 aromatic rings. The fraction of sp³-hybridized carbons (Fsp3) is 0.600. The third kappa shape index (κ3) is 5.66. The molecule has 0 aliphatic heterocycles. The van der Waals surface area contributed by atoms with Crippen molar-refractivity contribution < 1.29 is 14.3 Å². The number of aryl methyl sites for hydroxylation is 1. The Bertz CT molecular complexity index is 788. The van der Waals surface area contributed by atoms with Crippen molar-refractivity contribution in [1.82, 2.24) is 30.4 Å². The van der Waals surface area contributed by atoms with Gasteiger partial charge in [0.25, 0.3) is 5.91 Å². The highest BCUT2D eigenvalue weighted by molar-refractivity contribution is 5.90. The zero-order chi connectivity index (χ0) is 20.6. The van der Waals surface area contributed by atoms with E-state index >= 15 is 0 Å². The van der Waals surface area contributed by atoms with Crippen LogP contribution in [0.25, 0.3) is 0 Å². The fourth-order valence-electron chi connectivity index (χ4n) is 3.62. The van der Waals surface area contributed by atoms with E-state index in [1.807, 2.05) is 24.7 Å². The van der Waals surface area contributed by atoms with E-state index in [4.69, 9.17) is 4.74 Å². The SMILES string of the molecule is CCCO[C@@H]1C[C@@H](C(=O)NCc2cnn(CC)c2)CC[C@H]1NC(=O)c1ncc[nH]1. The van der Waals surface area contributed by atoms with E-state index in [0.29, 0.717) is 32.4 Å². The molecule has 0 radical (unpaired) electrons. The van der Waals surface area contributed by atoms with Crippen molar-refractivity contribution >= 4 is 11.8 Å². The molecule has 3 atom stereocenters. The molecule has 9 heteroatoms. The van der Waals surface area contributed by atoms with Gasteiger partial charge in [0.15, 0.2) is 5.82 Å². The summed E-state index contributed by atoms with van der Waals surface area (Å²) >= 11 is 0. The number of nitrogens with zero attached hydrogens (tertiary/aromatic N) is 3. The number of aromatic nitrogens is 4. The summed E-state index contributed by atoms with van der Waals surface area (Å²) in [5.74, 6) is -0.0716. The van der Waals surface area contributed by atoms with Gasteiger partial charge in [0.1, 0.15) is 0 Å². The van der Waals surface area contributed by atoms with Gasteiger partial charge in [-0.1, -0.05) is 6.92 Å². The molecule has 2 aromatic heterocycles. The quantitative estimate of drug-likeness (QED) is 0.590. The number of carbonyl (C=O) groups excluding carboxylic acids is 2. The van der Waals surface area contributed by atoms with Crippen LogP contribution in [0.15, 0.2) is 24.8 Å². The van der Waals surface area contributed by atoms with Gasteiger partial charge in [0, 0.05) is 49.8 Å². The zero-order valence-corrected chi connectivity index (χ0v) is 17.1. The summed E-state index contributed by atoms with van der Waals surface area (Å²) in [6, 6.07) is -0.133. The van der Waals surface area contributed by atoms with Crippen LogP contribution in [0.4, 0.5) is 0 Å². The lowest BCUT2D eigenvalue weighted by Gasteiger charge is -2.35. The number of imidazole rings is 1. The van der Waals surface area contributed by atoms with Gasteiger partial charge in [-0.05, 0) is 32.6 Å². The van der Waals surface area contributed by atoms with Gasteiger partial charge in [-0.3, -0.25) is 14.3 Å². The second-order valence-corrected chi connectivity index (χ2v) is 7.36. The van der Waals surface area contributed by atoms with Crippen molar-refractivity contribution in [3.63, 3.8) is 0 Å². The van der Waals surface area contributed by atoms with Crippen molar-refractivity contribution in [2.75, 3.05) is 6.61 Å². The molecule has 29 heavy (non-hydrogen) atoms. The highest BCUT2D eigenvalue weighted by Crippen LogP contribution is 2.27. The van der Waals surface area contributed by atoms with Crippen LogP contribution in [0.3, 0.4) is 0 Å². The molecular weight excluding hydrogens is 372 g/mol. The van der Waals surface area contributed by atoms with Gasteiger partial charge in [-0.2, -0.15) is 5.10 Å². The highest BCUT2D eigenvalue weighted by atomic mass is 16.5. The van der Waals surface area contributed by atoms with E-state index in [-0.39, 0.29) is 35.7 Å². The molecule has 1 aliphatic rings. The van der Waals surface area contributed by atoms with Crippen LogP contribution in [-0.2, 0) is 22.6 Å². The number of hydrogen-bond acceptors (Lipinski definition) is 5. The fourth-order valence-corrected chi connectivity index (χ4v) is 3.62. The number of H-pyrrole nitrogens is 1. The molecule has 3 rings (SSSR count). The van der Waals surface area contributed by atoms with Gasteiger partial charge in [-0.25, -0.2) is 4.98 Å². The molecule has 0 saturated heterocycles. The Balaban J connectivity index is 1.55. The topological polar surface area (TPSA) is 114 Å². The molecule has 0 aromatic carbocycles. The van der Waals surface area contributed by atoms with Gasteiger partial charge >= 0.3 is 0 Å². The lowest BCUT2D eigenvalue weighted by molar-refractivity contribution is -0.128. The smallest absolute Gasteiger partial charge is 0.287 e. The number of hydrogen-bond donors (Lipinski definition) is 3. The van der Waals surface area contributed by atoms with Crippen molar-refractivity contribution in [2.45, 2.75) is 64.8 Å². The lowest BCUT2D eigenvalue weighted by Crippen LogP contribution is -2.50. The van der Waals surface area contributed by atoms with E-state index in [1.165, 1.54) is 0 Å². The first-order valence-corrected chi connectivity index (χ1v) is 10.3. The molecule has 3 N–H and O–H groups in total. The summed E-state index contributed by atoms with van der Waals surface area (Å²) in [5.41, 5.74) is 0.985. The number of amides is 2. The van der Waals surface area contributed by atoms with Crippen LogP contribution in [0.5, 0.6) is 0 Å². The minimum atomic E-state index is -0.249. The van der Waals surface area contributed by atoms with Crippen molar-refractivity contribution in [2.24, 2.45) is 5.92 Å². The number of ether oxygens (including phenoxy) is 1. The first-order chi connectivity index (χ1) is 14.1. The second-order valence-electron chi connectivity index (χ2n) is 7.36. The largest absolute Gasteiger partial charge is 0.376 e. The molecule has 0 spiro atoms. The van der Waals surface area contributed by atoms with Crippen LogP contribution < -0.4 is 10.6 Å². The normalized spacial score (nSPS) is 21.7. The summed E-state index contributed by atoms with van der Waals surface area (Å²) < 4.78 is 7.82. The monoisotopic (exact) mass is 402 g/mol. The van der Waals surface area contributed by atoms with E-state index in [2.05, 4.69) is 25.7 Å². The maximum Gasteiger partial charge on any atom is 0.287 e. The minimum absolute atomic E-state index is 0.0233. The van der Waals surface area contributed by atoms with Crippen molar-refractivity contribution in [3.05, 3.63) is 36.2 Å². The summed E-state index contributed by atoms with van der Waals surface area (Å²) in [4.78, 5) is 31.8. The summed E-state index contributed by atoms with van der Waals surface area (Å²) in [6.07, 6.45) is 9.54. The minimum Gasteiger partial charge on any atom is -0.376 e. The van der Waals surface area contributed by atoms with Gasteiger partial charge < -0.3 is 20.4 Å². The number of nitrogens with one attached hydrogen (secondary N) is 3.